The lowest BCUT2D eigenvalue weighted by atomic mass is 10.2. The molecule has 0 amide bonds. The number of hydrogen-bond acceptors (Lipinski definition) is 12. The molecule has 4 aromatic rings. The molecule has 0 atom stereocenters. The maximum Gasteiger partial charge on any atom is 0.232 e. The third-order valence-corrected chi connectivity index (χ3v) is 9.06. The number of rotatable bonds is 9. The van der Waals surface area contributed by atoms with E-state index in [1.165, 1.54) is 44.3 Å². The van der Waals surface area contributed by atoms with E-state index in [0.29, 0.717) is 10.3 Å². The van der Waals surface area contributed by atoms with Crippen LogP contribution < -0.4 is 9.80 Å². The molecule has 0 unspecified atom stereocenters. The Morgan fingerprint density at radius 2 is 1.00 bits per heavy atom. The van der Waals surface area contributed by atoms with E-state index >= 15 is 0 Å². The van der Waals surface area contributed by atoms with Crippen LogP contribution in [0.15, 0.2) is 67.2 Å². The molecule has 2 heterocycles. The summed E-state index contributed by atoms with van der Waals surface area (Å²) in [6.07, 6.45) is 3.59. The zero-order valence-corrected chi connectivity index (χ0v) is 22.3. The summed E-state index contributed by atoms with van der Waals surface area (Å²) >= 11 is 2.87. The minimum atomic E-state index is 0.614. The summed E-state index contributed by atoms with van der Waals surface area (Å²) < 4.78 is 1.61. The third-order valence-electron chi connectivity index (χ3n) is 4.44. The second-order valence-corrected chi connectivity index (χ2v) is 11.9. The van der Waals surface area contributed by atoms with Gasteiger partial charge in [0.05, 0.1) is 0 Å². The van der Waals surface area contributed by atoms with E-state index < -0.39 is 0 Å². The van der Waals surface area contributed by atoms with Crippen LogP contribution in [0.4, 0.5) is 21.6 Å². The monoisotopic (exact) mass is 526 g/mol. The van der Waals surface area contributed by atoms with Gasteiger partial charge in [-0.2, -0.15) is 0 Å². The van der Waals surface area contributed by atoms with Gasteiger partial charge >= 0.3 is 0 Å². The normalized spacial score (nSPS) is 11.5. The van der Waals surface area contributed by atoms with Crippen LogP contribution in [-0.4, -0.2) is 61.0 Å². The van der Waals surface area contributed by atoms with Gasteiger partial charge in [-0.1, -0.05) is 46.9 Å². The summed E-state index contributed by atoms with van der Waals surface area (Å²) in [4.78, 5) is 13.0. The van der Waals surface area contributed by atoms with E-state index in [-0.39, 0.29) is 0 Å². The average molecular weight is 527 g/mol. The summed E-state index contributed by atoms with van der Waals surface area (Å²) in [5.41, 5.74) is 4.32. The first-order chi connectivity index (χ1) is 16.5. The summed E-state index contributed by atoms with van der Waals surface area (Å²) in [6.45, 7) is 0. The van der Waals surface area contributed by atoms with Crippen LogP contribution in [0.2, 0.25) is 0 Å². The van der Waals surface area contributed by atoms with Crippen molar-refractivity contribution in [2.75, 3.05) is 38.0 Å². The van der Waals surface area contributed by atoms with E-state index in [4.69, 9.17) is 0 Å². The van der Waals surface area contributed by atoms with E-state index in [1.807, 2.05) is 52.5 Å². The molecule has 2 aromatic heterocycles. The number of nitrogens with zero attached hydrogens (tertiary/aromatic N) is 8. The SMILES string of the molecule is CN(C)c1ccc(C=Nc2nnc(SSc3nnc(N=Cc4ccc(N(C)C)cc4)s3)s2)cc1. The van der Waals surface area contributed by atoms with Crippen molar-refractivity contribution >= 4 is 78.3 Å². The van der Waals surface area contributed by atoms with Crippen LogP contribution in [0.1, 0.15) is 11.1 Å². The van der Waals surface area contributed by atoms with Crippen LogP contribution in [-0.2, 0) is 0 Å². The largest absolute Gasteiger partial charge is 0.378 e. The van der Waals surface area contributed by atoms with Crippen molar-refractivity contribution in [2.24, 2.45) is 9.98 Å². The van der Waals surface area contributed by atoms with Gasteiger partial charge in [-0.3, -0.25) is 0 Å². The van der Waals surface area contributed by atoms with Gasteiger partial charge < -0.3 is 9.80 Å². The molecule has 0 radical (unpaired) electrons. The summed E-state index contributed by atoms with van der Waals surface area (Å²) in [7, 11) is 11.0. The molecule has 0 saturated heterocycles. The van der Waals surface area contributed by atoms with Gasteiger partial charge in [0.1, 0.15) is 0 Å². The number of anilines is 2. The molecule has 0 N–H and O–H groups in total. The molecule has 0 fully saturated rings. The number of aromatic nitrogens is 4. The van der Waals surface area contributed by atoms with Gasteiger partial charge in [0.2, 0.25) is 10.3 Å². The van der Waals surface area contributed by atoms with Gasteiger partial charge in [-0.05, 0) is 57.0 Å². The second-order valence-electron chi connectivity index (χ2n) is 7.36. The first kappa shape index (κ1) is 24.3. The van der Waals surface area contributed by atoms with Gasteiger partial charge in [-0.15, -0.1) is 20.4 Å². The molecule has 0 aliphatic carbocycles. The topological polar surface area (TPSA) is 82.8 Å². The molecule has 2 aromatic carbocycles. The number of aliphatic imine (C=N–C) groups is 2. The fraction of sp³-hybridized carbons (Fsp3) is 0.182. The van der Waals surface area contributed by atoms with Crippen molar-refractivity contribution in [3.05, 3.63) is 59.7 Å². The molecule has 8 nitrogen and oxygen atoms in total. The van der Waals surface area contributed by atoms with Crippen molar-refractivity contribution in [1.29, 1.82) is 0 Å². The van der Waals surface area contributed by atoms with Crippen molar-refractivity contribution in [1.82, 2.24) is 20.4 Å². The Balaban J connectivity index is 1.29. The molecule has 0 aliphatic rings. The lowest BCUT2D eigenvalue weighted by Crippen LogP contribution is -2.08. The summed E-state index contributed by atoms with van der Waals surface area (Å²) in [5, 5.41) is 17.9. The van der Waals surface area contributed by atoms with Crippen LogP contribution >= 0.6 is 44.3 Å². The molecule has 4 rings (SSSR count). The predicted molar refractivity (Wildman–Crippen MR) is 148 cm³/mol. The van der Waals surface area contributed by atoms with E-state index in [0.717, 1.165) is 31.2 Å². The molecule has 0 aliphatic heterocycles. The Bertz CT molecular complexity index is 1160. The third kappa shape index (κ3) is 6.86. The Kier molecular flexibility index (Phi) is 8.27. The molecule has 174 valence electrons. The molecule has 0 saturated carbocycles. The quantitative estimate of drug-likeness (QED) is 0.199. The highest BCUT2D eigenvalue weighted by atomic mass is 33.1. The maximum atomic E-state index is 4.44. The first-order valence-corrected chi connectivity index (χ1v) is 13.9. The van der Waals surface area contributed by atoms with Crippen LogP contribution in [0.3, 0.4) is 0 Å². The van der Waals surface area contributed by atoms with Crippen molar-refractivity contribution in [3.8, 4) is 0 Å². The molecular formula is C22H22N8S4. The maximum absolute atomic E-state index is 4.44. The van der Waals surface area contributed by atoms with Crippen LogP contribution in [0.25, 0.3) is 0 Å². The average Bonchev–Trinajstić information content (AvgIpc) is 3.50. The fourth-order valence-electron chi connectivity index (χ4n) is 2.62. The van der Waals surface area contributed by atoms with E-state index in [1.54, 1.807) is 12.4 Å². The highest BCUT2D eigenvalue weighted by molar-refractivity contribution is 8.77. The summed E-state index contributed by atoms with van der Waals surface area (Å²) in [5.74, 6) is 0. The van der Waals surface area contributed by atoms with Crippen molar-refractivity contribution < 1.29 is 0 Å². The summed E-state index contributed by atoms with van der Waals surface area (Å²) in [6, 6.07) is 16.3. The van der Waals surface area contributed by atoms with E-state index in [2.05, 4.69) is 64.4 Å². The zero-order chi connectivity index (χ0) is 23.9. The lowest BCUT2D eigenvalue weighted by Gasteiger charge is -2.11. The van der Waals surface area contributed by atoms with Crippen LogP contribution in [0.5, 0.6) is 0 Å². The molecule has 0 spiro atoms. The standard InChI is InChI=1S/C22H22N8S4/c1-29(2)17-9-5-15(6-10-17)13-23-19-25-27-21(31-19)33-34-22-28-26-20(32-22)24-14-16-7-11-18(12-8-16)30(3)4/h5-14H,1-4H3. The number of hydrogen-bond donors (Lipinski definition) is 0. The lowest BCUT2D eigenvalue weighted by molar-refractivity contribution is 1.01. The van der Waals surface area contributed by atoms with Crippen molar-refractivity contribution in [2.45, 2.75) is 8.68 Å². The Hall–Kier alpha value is -2.80. The van der Waals surface area contributed by atoms with Gasteiger partial charge in [0.15, 0.2) is 8.68 Å². The number of benzene rings is 2. The van der Waals surface area contributed by atoms with Gasteiger partial charge in [0, 0.05) is 52.0 Å². The molecule has 12 heteroatoms. The highest BCUT2D eigenvalue weighted by Crippen LogP contribution is 2.42. The Morgan fingerprint density at radius 1 is 0.618 bits per heavy atom. The zero-order valence-electron chi connectivity index (χ0n) is 19.0. The van der Waals surface area contributed by atoms with E-state index in [9.17, 15) is 0 Å². The minimum Gasteiger partial charge on any atom is -0.378 e. The highest BCUT2D eigenvalue weighted by Gasteiger charge is 2.09. The molecule has 0 bridgehead atoms. The van der Waals surface area contributed by atoms with Crippen LogP contribution in [0, 0.1) is 0 Å². The smallest absolute Gasteiger partial charge is 0.232 e. The van der Waals surface area contributed by atoms with Gasteiger partial charge in [0.25, 0.3) is 0 Å². The fourth-order valence-corrected chi connectivity index (χ4v) is 6.34. The Labute approximate surface area is 214 Å². The minimum absolute atomic E-state index is 0.614. The van der Waals surface area contributed by atoms with Gasteiger partial charge in [-0.25, -0.2) is 9.98 Å². The second kappa shape index (κ2) is 11.6. The Morgan fingerprint density at radius 3 is 1.35 bits per heavy atom. The predicted octanol–water partition coefficient (Wildman–Crippen LogP) is 5.82. The molecular weight excluding hydrogens is 505 g/mol. The molecule has 34 heavy (non-hydrogen) atoms. The van der Waals surface area contributed by atoms with Crippen molar-refractivity contribution in [3.63, 3.8) is 0 Å². The first-order valence-electron chi connectivity index (χ1n) is 10.1.